The number of anilines is 1. The molecule has 4 aromatic carbocycles. The predicted molar refractivity (Wildman–Crippen MR) is 196 cm³/mol. The minimum Gasteiger partial charge on any atom is -0.495 e. The number of ether oxygens (including phenoxy) is 4. The molecule has 0 bridgehead atoms. The van der Waals surface area contributed by atoms with Crippen molar-refractivity contribution in [2.45, 2.75) is 65.1 Å². The largest absolute Gasteiger partial charge is 0.495 e. The number of para-hydroxylation sites is 2. The monoisotopic (exact) mass is 713 g/mol. The highest BCUT2D eigenvalue weighted by Gasteiger charge is 2.42. The van der Waals surface area contributed by atoms with E-state index in [1.54, 1.807) is 51.1 Å². The minimum absolute atomic E-state index is 0.0379. The molecule has 1 unspecified atom stereocenters. The summed E-state index contributed by atoms with van der Waals surface area (Å²) in [6.07, 6.45) is -1.60. The van der Waals surface area contributed by atoms with Crippen LogP contribution in [0, 0.1) is 27.7 Å². The van der Waals surface area contributed by atoms with Gasteiger partial charge in [-0.15, -0.1) is 0 Å². The number of hydrogen-bond donors (Lipinski definition) is 1. The van der Waals surface area contributed by atoms with Crippen molar-refractivity contribution < 1.29 is 37.0 Å². The molecule has 0 spiro atoms. The number of fused-ring (bicyclic) bond motifs is 1. The van der Waals surface area contributed by atoms with Crippen LogP contribution in [0.15, 0.2) is 88.8 Å². The number of amides is 1. The summed E-state index contributed by atoms with van der Waals surface area (Å²) in [5, 5.41) is 2.84. The van der Waals surface area contributed by atoms with Crippen LogP contribution in [-0.2, 0) is 19.6 Å². The molecule has 4 aromatic rings. The fourth-order valence-electron chi connectivity index (χ4n) is 5.71. The summed E-state index contributed by atoms with van der Waals surface area (Å²) >= 11 is 0. The van der Waals surface area contributed by atoms with Crippen molar-refractivity contribution in [3.8, 4) is 17.2 Å². The molecule has 0 saturated heterocycles. The molecule has 1 aliphatic heterocycles. The number of methoxy groups -OCH3 is 1. The first-order chi connectivity index (χ1) is 24.3. The lowest BCUT2D eigenvalue weighted by atomic mass is 10.1. The van der Waals surface area contributed by atoms with E-state index in [0.29, 0.717) is 22.7 Å². The van der Waals surface area contributed by atoms with Crippen molar-refractivity contribution in [1.29, 1.82) is 0 Å². The molecule has 12 heteroatoms. The molecular formula is C39H43N3O8S. The maximum Gasteiger partial charge on any atom is 0.338 e. The van der Waals surface area contributed by atoms with Crippen LogP contribution in [0.4, 0.5) is 11.4 Å². The average Bonchev–Trinajstić information content (AvgIpc) is 3.07. The van der Waals surface area contributed by atoms with E-state index in [4.69, 9.17) is 23.9 Å². The molecule has 1 heterocycles. The number of benzene rings is 4. The van der Waals surface area contributed by atoms with Crippen molar-refractivity contribution in [1.82, 2.24) is 4.31 Å². The van der Waals surface area contributed by atoms with Gasteiger partial charge >= 0.3 is 5.97 Å². The normalized spacial score (nSPS) is 13.9. The third-order valence-electron chi connectivity index (χ3n) is 8.08. The Hall–Kier alpha value is -5.36. The van der Waals surface area contributed by atoms with Gasteiger partial charge in [-0.2, -0.15) is 0 Å². The Morgan fingerprint density at radius 3 is 2.25 bits per heavy atom. The number of nitrogens with one attached hydrogen (secondary N) is 1. The maximum atomic E-state index is 14.5. The number of esters is 1. The molecule has 1 aliphatic rings. The summed E-state index contributed by atoms with van der Waals surface area (Å²) in [6.45, 7) is 11.2. The Labute approximate surface area is 299 Å². The smallest absolute Gasteiger partial charge is 0.338 e. The molecule has 0 radical (unpaired) electrons. The first-order valence-electron chi connectivity index (χ1n) is 16.6. The number of amidine groups is 1. The van der Waals surface area contributed by atoms with Gasteiger partial charge in [0.1, 0.15) is 22.1 Å². The molecule has 0 aromatic heterocycles. The van der Waals surface area contributed by atoms with Gasteiger partial charge in [0.05, 0.1) is 36.8 Å². The van der Waals surface area contributed by atoms with Gasteiger partial charge in [-0.05, 0) is 107 Å². The molecule has 51 heavy (non-hydrogen) atoms. The number of hydrogen-bond acceptors (Lipinski definition) is 9. The van der Waals surface area contributed by atoms with E-state index in [1.165, 1.54) is 31.4 Å². The first kappa shape index (κ1) is 36.9. The minimum atomic E-state index is -4.22. The molecular weight excluding hydrogens is 671 g/mol. The second-order valence-corrected chi connectivity index (χ2v) is 14.4. The molecule has 268 valence electrons. The van der Waals surface area contributed by atoms with Crippen LogP contribution >= 0.6 is 0 Å². The van der Waals surface area contributed by atoms with E-state index in [9.17, 15) is 18.0 Å². The summed E-state index contributed by atoms with van der Waals surface area (Å²) in [5.41, 5.74) is 4.31. The van der Waals surface area contributed by atoms with E-state index in [-0.39, 0.29) is 53.4 Å². The maximum absolute atomic E-state index is 14.5. The van der Waals surface area contributed by atoms with E-state index < -0.39 is 28.0 Å². The topological polar surface area (TPSA) is 133 Å². The van der Waals surface area contributed by atoms with Gasteiger partial charge in [0.2, 0.25) is 6.10 Å². The summed E-state index contributed by atoms with van der Waals surface area (Å²) in [4.78, 5) is 31.7. The number of rotatable bonds is 13. The van der Waals surface area contributed by atoms with Crippen molar-refractivity contribution >= 4 is 39.1 Å². The van der Waals surface area contributed by atoms with Crippen LogP contribution in [0.2, 0.25) is 0 Å². The van der Waals surface area contributed by atoms with E-state index in [2.05, 4.69) is 5.32 Å². The lowest BCUT2D eigenvalue weighted by Crippen LogP contribution is -2.52. The van der Waals surface area contributed by atoms with Gasteiger partial charge in [-0.1, -0.05) is 35.9 Å². The highest BCUT2D eigenvalue weighted by molar-refractivity contribution is 7.90. The molecule has 1 N–H and O–H groups in total. The number of sulfonamides is 1. The fraction of sp³-hybridized carbons (Fsp3) is 0.308. The zero-order chi connectivity index (χ0) is 36.9. The SMILES string of the molecule is COc1ccccc1NC(=O)C(Oc1ccc(C(=O)OC(C)C)cc1)C1=Nc2c(C)cc(C)cc2S(=O)(=O)N1CCCOc1ccc(C)cc1C. The Morgan fingerprint density at radius 2 is 1.57 bits per heavy atom. The quantitative estimate of drug-likeness (QED) is 0.115. The first-order valence-corrected chi connectivity index (χ1v) is 18.1. The van der Waals surface area contributed by atoms with Gasteiger partial charge in [0.15, 0.2) is 5.84 Å². The Bertz CT molecular complexity index is 2060. The van der Waals surface area contributed by atoms with Crippen LogP contribution in [0.3, 0.4) is 0 Å². The fourth-order valence-corrected chi connectivity index (χ4v) is 7.48. The second kappa shape index (κ2) is 15.7. The molecule has 0 saturated carbocycles. The number of carbonyl (C=O) groups is 2. The average molecular weight is 714 g/mol. The molecule has 11 nitrogen and oxygen atoms in total. The lowest BCUT2D eigenvalue weighted by molar-refractivity contribution is -0.120. The van der Waals surface area contributed by atoms with Crippen LogP contribution in [0.1, 0.15) is 52.9 Å². The van der Waals surface area contributed by atoms with Crippen LogP contribution in [-0.4, -0.2) is 62.9 Å². The van der Waals surface area contributed by atoms with Crippen LogP contribution < -0.4 is 19.5 Å². The number of aryl methyl sites for hydroxylation is 4. The summed E-state index contributed by atoms with van der Waals surface area (Å²) < 4.78 is 53.1. The highest BCUT2D eigenvalue weighted by atomic mass is 32.2. The van der Waals surface area contributed by atoms with Crippen LogP contribution in [0.25, 0.3) is 0 Å². The second-order valence-electron chi connectivity index (χ2n) is 12.6. The number of aliphatic imine (C=N–C) groups is 1. The Kier molecular flexibility index (Phi) is 11.3. The Balaban J connectivity index is 1.55. The van der Waals surface area contributed by atoms with Crippen molar-refractivity contribution in [3.63, 3.8) is 0 Å². The van der Waals surface area contributed by atoms with Gasteiger partial charge < -0.3 is 24.3 Å². The zero-order valence-corrected chi connectivity index (χ0v) is 30.7. The van der Waals surface area contributed by atoms with Crippen molar-refractivity contribution in [2.24, 2.45) is 4.99 Å². The van der Waals surface area contributed by atoms with E-state index in [0.717, 1.165) is 21.0 Å². The molecule has 1 atom stereocenters. The molecule has 0 aliphatic carbocycles. The lowest BCUT2D eigenvalue weighted by Gasteiger charge is -2.34. The van der Waals surface area contributed by atoms with Crippen molar-refractivity contribution in [2.75, 3.05) is 25.6 Å². The highest BCUT2D eigenvalue weighted by Crippen LogP contribution is 2.38. The van der Waals surface area contributed by atoms with E-state index in [1.807, 2.05) is 45.0 Å². The van der Waals surface area contributed by atoms with Gasteiger partial charge in [-0.25, -0.2) is 22.5 Å². The van der Waals surface area contributed by atoms with E-state index >= 15 is 0 Å². The van der Waals surface area contributed by atoms with Gasteiger partial charge in [0.25, 0.3) is 15.9 Å². The summed E-state index contributed by atoms with van der Waals surface area (Å²) in [7, 11) is -2.74. The number of carbonyl (C=O) groups excluding carboxylic acids is 2. The van der Waals surface area contributed by atoms with Crippen LogP contribution in [0.5, 0.6) is 17.2 Å². The van der Waals surface area contributed by atoms with Gasteiger partial charge in [0, 0.05) is 13.0 Å². The standard InChI is InChI=1S/C39H43N3O8S/c1-24(2)49-39(44)29-14-16-30(17-15-29)50-36(38(43)40-31-11-8-9-12-33(31)47-7)37-41-35-28(6)22-26(4)23-34(35)51(45,46)42(37)19-10-20-48-32-18-13-25(3)21-27(32)5/h8-9,11-18,21-24,36H,10,19-20H2,1-7H3,(H,40,43). The predicted octanol–water partition coefficient (Wildman–Crippen LogP) is 7.08. The van der Waals surface area contributed by atoms with Gasteiger partial charge in [-0.3, -0.25) is 4.79 Å². The summed E-state index contributed by atoms with van der Waals surface area (Å²) in [5.74, 6) is -0.0426. The third kappa shape index (κ3) is 8.51. The van der Waals surface area contributed by atoms with Crippen molar-refractivity contribution in [3.05, 3.63) is 107 Å². The summed E-state index contributed by atoms with van der Waals surface area (Å²) in [6, 6.07) is 22.2. The number of nitrogens with zero attached hydrogens (tertiary/aromatic N) is 2. The Morgan fingerprint density at radius 1 is 0.863 bits per heavy atom. The molecule has 1 amide bonds. The third-order valence-corrected chi connectivity index (χ3v) is 9.89. The zero-order valence-electron chi connectivity index (χ0n) is 29.9. The molecule has 0 fully saturated rings. The molecule has 5 rings (SSSR count).